The van der Waals surface area contributed by atoms with Gasteiger partial charge in [0.15, 0.2) is 0 Å². The summed E-state index contributed by atoms with van der Waals surface area (Å²) in [4.78, 5) is 3.84. The predicted molar refractivity (Wildman–Crippen MR) is 36.3 cm³/mol. The van der Waals surface area contributed by atoms with E-state index >= 15 is 0 Å². The molecule has 0 fully saturated rings. The number of nitrogens with one attached hydrogen (secondary N) is 2. The minimum Gasteiger partial charge on any atom is -0.600 e. The quantitative estimate of drug-likeness (QED) is 0.388. The summed E-state index contributed by atoms with van der Waals surface area (Å²) in [6.45, 7) is 0.661. The maximum Gasteiger partial charge on any atom is 0.261 e. The highest BCUT2D eigenvalue weighted by Crippen LogP contribution is 2.02. The topological polar surface area (TPSA) is 64.2 Å². The van der Waals surface area contributed by atoms with Crippen LogP contribution in [0.3, 0.4) is 0 Å². The number of aliphatic imine (C=N–C) groups is 1. The molecule has 2 N–H and O–H groups in total. The van der Waals surface area contributed by atoms with E-state index < -0.39 is 0 Å². The van der Waals surface area contributed by atoms with Crippen LogP contribution in [0.4, 0.5) is 0 Å². The molecule has 0 saturated heterocycles. The molecule has 0 aromatic heterocycles. The Kier molecular flexibility index (Phi) is 1.06. The molecule has 1 atom stereocenters. The fourth-order valence-electron chi connectivity index (χ4n) is 0.929. The third-order valence-corrected chi connectivity index (χ3v) is 1.42. The van der Waals surface area contributed by atoms with Gasteiger partial charge >= 0.3 is 0 Å². The fraction of sp³-hybridized carbons (Fsp3) is 0.200. The average Bonchev–Trinajstić information content (AvgIpc) is 2.34. The summed E-state index contributed by atoms with van der Waals surface area (Å²) in [5.41, 5.74) is 0.882. The van der Waals surface area contributed by atoms with E-state index in [4.69, 9.17) is 0 Å². The second-order valence-corrected chi connectivity index (χ2v) is 2.08. The molecule has 0 radical (unpaired) electrons. The minimum absolute atomic E-state index is 0.229. The van der Waals surface area contributed by atoms with Crippen LogP contribution in [0.2, 0.25) is 0 Å². The van der Waals surface area contributed by atoms with Crippen molar-refractivity contribution in [1.82, 2.24) is 5.32 Å². The van der Waals surface area contributed by atoms with Crippen molar-refractivity contribution in [3.8, 4) is 0 Å². The number of nitrogens with zero attached hydrogens (tertiary/aromatic N) is 2. The van der Waals surface area contributed by atoms with Gasteiger partial charge in [-0.1, -0.05) is 5.10 Å². The van der Waals surface area contributed by atoms with E-state index in [1.165, 1.54) is 6.34 Å². The third kappa shape index (κ3) is 0.647. The van der Waals surface area contributed by atoms with Gasteiger partial charge in [0.25, 0.3) is 5.82 Å². The van der Waals surface area contributed by atoms with Gasteiger partial charge in [-0.2, -0.15) is 10.2 Å². The molecule has 0 saturated carbocycles. The molecule has 0 amide bonds. The second-order valence-electron chi connectivity index (χ2n) is 2.08. The normalized spacial score (nSPS) is 28.7. The highest BCUT2D eigenvalue weighted by Gasteiger charge is 2.19. The molecular formula is C5H6N4O. The van der Waals surface area contributed by atoms with Gasteiger partial charge in [-0.05, 0) is 0 Å². The lowest BCUT2D eigenvalue weighted by molar-refractivity contribution is -0.811. The van der Waals surface area contributed by atoms with Gasteiger partial charge in [0.1, 0.15) is 0 Å². The summed E-state index contributed by atoms with van der Waals surface area (Å²) >= 11 is 0. The van der Waals surface area contributed by atoms with E-state index in [1.807, 2.05) is 0 Å². The number of rotatable bonds is 0. The van der Waals surface area contributed by atoms with Crippen molar-refractivity contribution in [3.05, 3.63) is 16.6 Å². The Hall–Kier alpha value is -1.20. The second kappa shape index (κ2) is 1.89. The molecule has 0 aromatic carbocycles. The van der Waals surface area contributed by atoms with Gasteiger partial charge in [0.05, 0.1) is 24.7 Å². The summed E-state index contributed by atoms with van der Waals surface area (Å²) in [5.74, 6) is 0.485. The van der Waals surface area contributed by atoms with Crippen molar-refractivity contribution in [1.29, 1.82) is 0 Å². The van der Waals surface area contributed by atoms with E-state index in [2.05, 4.69) is 15.4 Å². The summed E-state index contributed by atoms with van der Waals surface area (Å²) in [7, 11) is 0. The van der Waals surface area contributed by atoms with Gasteiger partial charge in [-0.15, -0.1) is 0 Å². The Morgan fingerprint density at radius 2 is 2.60 bits per heavy atom. The van der Waals surface area contributed by atoms with Crippen molar-refractivity contribution in [2.45, 2.75) is 0 Å². The molecular weight excluding hydrogens is 132 g/mol. The van der Waals surface area contributed by atoms with Gasteiger partial charge in [-0.3, -0.25) is 0 Å². The molecule has 0 bridgehead atoms. The van der Waals surface area contributed by atoms with Crippen molar-refractivity contribution >= 4 is 12.6 Å². The Morgan fingerprint density at radius 3 is 3.40 bits per heavy atom. The lowest BCUT2D eigenvalue weighted by atomic mass is 10.3. The van der Waals surface area contributed by atoms with E-state index in [-0.39, 0.29) is 5.17 Å². The van der Waals surface area contributed by atoms with Crippen molar-refractivity contribution < 1.29 is 5.17 Å². The first-order valence-corrected chi connectivity index (χ1v) is 2.95. The molecule has 0 aromatic rings. The van der Waals surface area contributed by atoms with Crippen molar-refractivity contribution in [3.63, 3.8) is 0 Å². The largest absolute Gasteiger partial charge is 0.600 e. The maximum atomic E-state index is 10.8. The monoisotopic (exact) mass is 138 g/mol. The van der Waals surface area contributed by atoms with Crippen LogP contribution in [-0.4, -0.2) is 19.1 Å². The lowest BCUT2D eigenvalue weighted by Crippen LogP contribution is -2.99. The summed E-state index contributed by atoms with van der Waals surface area (Å²) in [6.07, 6.45) is 3.08. The predicted octanol–water partition coefficient (Wildman–Crippen LogP) is -1.79. The highest BCUT2D eigenvalue weighted by molar-refractivity contribution is 5.82. The van der Waals surface area contributed by atoms with Crippen LogP contribution in [0.25, 0.3) is 0 Å². The van der Waals surface area contributed by atoms with E-state index in [0.717, 1.165) is 5.57 Å². The first-order chi connectivity index (χ1) is 4.88. The van der Waals surface area contributed by atoms with Crippen LogP contribution in [0.1, 0.15) is 0 Å². The Morgan fingerprint density at radius 1 is 1.70 bits per heavy atom. The van der Waals surface area contributed by atoms with Crippen LogP contribution in [0.15, 0.2) is 21.5 Å². The third-order valence-electron chi connectivity index (χ3n) is 1.42. The Labute approximate surface area is 57.3 Å². The molecule has 1 unspecified atom stereocenters. The SMILES string of the molecule is [O-][NH+]1N=CC2=C1N=CNC2. The molecule has 2 aliphatic heterocycles. The zero-order valence-corrected chi connectivity index (χ0v) is 5.16. The lowest BCUT2D eigenvalue weighted by Gasteiger charge is -2.12. The van der Waals surface area contributed by atoms with E-state index in [9.17, 15) is 5.21 Å². The zero-order valence-electron chi connectivity index (χ0n) is 5.16. The minimum atomic E-state index is -0.229. The van der Waals surface area contributed by atoms with E-state index in [1.54, 1.807) is 6.21 Å². The van der Waals surface area contributed by atoms with Crippen LogP contribution >= 0.6 is 0 Å². The molecule has 0 aliphatic carbocycles. The summed E-state index contributed by atoms with van der Waals surface area (Å²) < 4.78 is 0. The summed E-state index contributed by atoms with van der Waals surface area (Å²) in [5, 5.41) is 17.1. The standard InChI is InChI=1S/C5H6N4O/c10-9-5-4(2-8-9)1-6-3-7-5/h2-3,9H,1H2,(H,6,7). The average molecular weight is 138 g/mol. The van der Waals surface area contributed by atoms with Crippen LogP contribution in [0.5, 0.6) is 0 Å². The molecule has 2 aliphatic rings. The number of hydroxylamine groups is 1. The van der Waals surface area contributed by atoms with E-state index in [0.29, 0.717) is 12.4 Å². The number of hydrogen-bond donors (Lipinski definition) is 2. The smallest absolute Gasteiger partial charge is 0.261 e. The first-order valence-electron chi connectivity index (χ1n) is 2.95. The number of hydrogen-bond acceptors (Lipinski definition) is 4. The molecule has 10 heavy (non-hydrogen) atoms. The Balaban J connectivity index is 2.36. The fourth-order valence-corrected chi connectivity index (χ4v) is 0.929. The Bertz CT molecular complexity index is 232. The zero-order chi connectivity index (χ0) is 6.97. The van der Waals surface area contributed by atoms with Gasteiger partial charge < -0.3 is 10.5 Å². The molecule has 5 nitrogen and oxygen atoms in total. The van der Waals surface area contributed by atoms with Gasteiger partial charge in [0.2, 0.25) is 0 Å². The number of quaternary nitrogens is 1. The van der Waals surface area contributed by atoms with Gasteiger partial charge in [-0.25, -0.2) is 0 Å². The van der Waals surface area contributed by atoms with Crippen molar-refractivity contribution in [2.24, 2.45) is 10.1 Å². The molecule has 5 heteroatoms. The van der Waals surface area contributed by atoms with Crippen LogP contribution < -0.4 is 10.5 Å². The summed E-state index contributed by atoms with van der Waals surface area (Å²) in [6, 6.07) is 0. The van der Waals surface area contributed by atoms with Crippen LogP contribution in [0, 0.1) is 5.21 Å². The van der Waals surface area contributed by atoms with Crippen LogP contribution in [-0.2, 0) is 0 Å². The molecule has 52 valence electrons. The maximum absolute atomic E-state index is 10.8. The highest BCUT2D eigenvalue weighted by atomic mass is 16.5. The van der Waals surface area contributed by atoms with Crippen molar-refractivity contribution in [2.75, 3.05) is 6.54 Å². The first kappa shape index (κ1) is 5.57. The molecule has 0 spiro atoms. The molecule has 2 rings (SSSR count). The molecule has 2 heterocycles. The van der Waals surface area contributed by atoms with Gasteiger partial charge in [0, 0.05) is 0 Å².